The fourth-order valence-corrected chi connectivity index (χ4v) is 1.66. The van der Waals surface area contributed by atoms with Crippen LogP contribution in [-0.2, 0) is 11.3 Å². The summed E-state index contributed by atoms with van der Waals surface area (Å²) in [6.45, 7) is 1.65. The monoisotopic (exact) mass is 293 g/mol. The molecular formula is C13H15N3O5. The van der Waals surface area contributed by atoms with E-state index in [2.05, 4.69) is 14.9 Å². The zero-order chi connectivity index (χ0) is 15.4. The molecule has 0 aliphatic heterocycles. The predicted molar refractivity (Wildman–Crippen MR) is 72.1 cm³/mol. The summed E-state index contributed by atoms with van der Waals surface area (Å²) < 4.78 is 19.9. The molecule has 2 N–H and O–H groups in total. The van der Waals surface area contributed by atoms with Crippen LogP contribution in [0.1, 0.15) is 21.7 Å². The zero-order valence-electron chi connectivity index (χ0n) is 11.9. The van der Waals surface area contributed by atoms with Gasteiger partial charge in [-0.3, -0.25) is 0 Å². The molecule has 0 saturated heterocycles. The Hall–Kier alpha value is -2.77. The zero-order valence-corrected chi connectivity index (χ0v) is 11.9. The molecule has 8 heteroatoms. The Morgan fingerprint density at radius 3 is 2.48 bits per heavy atom. The Morgan fingerprint density at radius 2 is 1.90 bits per heavy atom. The van der Waals surface area contributed by atoms with Gasteiger partial charge in [0, 0.05) is 12.1 Å². The van der Waals surface area contributed by atoms with Gasteiger partial charge in [-0.05, 0) is 6.92 Å². The number of methoxy groups -OCH3 is 2. The molecule has 0 saturated carbocycles. The molecule has 0 aliphatic carbocycles. The number of nitrogens with zero attached hydrogens (tertiary/aromatic N) is 2. The molecular weight excluding hydrogens is 278 g/mol. The lowest BCUT2D eigenvalue weighted by Gasteiger charge is -2.11. The number of aromatic nitrogens is 2. The van der Waals surface area contributed by atoms with Crippen LogP contribution in [0.3, 0.4) is 0 Å². The molecule has 0 unspecified atom stereocenters. The molecule has 0 spiro atoms. The number of rotatable bonds is 5. The molecule has 21 heavy (non-hydrogen) atoms. The van der Waals surface area contributed by atoms with E-state index in [4.69, 9.17) is 19.9 Å². The SMILES string of the molecule is COc1cc(N)c(C(=O)OCc2nonc2C)cc1OC. The van der Waals surface area contributed by atoms with Crippen molar-refractivity contribution in [3.05, 3.63) is 29.1 Å². The molecule has 8 nitrogen and oxygen atoms in total. The van der Waals surface area contributed by atoms with E-state index in [-0.39, 0.29) is 17.9 Å². The summed E-state index contributed by atoms with van der Waals surface area (Å²) in [6, 6.07) is 2.96. The van der Waals surface area contributed by atoms with Gasteiger partial charge in [0.1, 0.15) is 18.0 Å². The number of hydrogen-bond acceptors (Lipinski definition) is 8. The Kier molecular flexibility index (Phi) is 4.27. The molecule has 1 aromatic heterocycles. The number of nitrogens with two attached hydrogens (primary N) is 1. The topological polar surface area (TPSA) is 110 Å². The van der Waals surface area contributed by atoms with Gasteiger partial charge in [-0.25, -0.2) is 9.42 Å². The smallest absolute Gasteiger partial charge is 0.340 e. The molecule has 0 fully saturated rings. The molecule has 0 aliphatic rings. The predicted octanol–water partition coefficient (Wildman–Crippen LogP) is 1.33. The van der Waals surface area contributed by atoms with E-state index in [9.17, 15) is 4.79 Å². The molecule has 0 bridgehead atoms. The van der Waals surface area contributed by atoms with Crippen LogP contribution in [0.5, 0.6) is 11.5 Å². The van der Waals surface area contributed by atoms with Crippen molar-refractivity contribution in [2.24, 2.45) is 0 Å². The maximum Gasteiger partial charge on any atom is 0.340 e. The number of anilines is 1. The second kappa shape index (κ2) is 6.12. The van der Waals surface area contributed by atoms with Crippen LogP contribution in [0, 0.1) is 6.92 Å². The minimum atomic E-state index is -0.601. The average Bonchev–Trinajstić information content (AvgIpc) is 2.89. The van der Waals surface area contributed by atoms with E-state index in [1.165, 1.54) is 26.4 Å². The summed E-state index contributed by atoms with van der Waals surface area (Å²) in [5, 5.41) is 7.22. The second-order valence-corrected chi connectivity index (χ2v) is 4.17. The first-order chi connectivity index (χ1) is 10.1. The summed E-state index contributed by atoms with van der Waals surface area (Å²) >= 11 is 0. The number of nitrogen functional groups attached to an aromatic ring is 1. The summed E-state index contributed by atoms with van der Waals surface area (Å²) in [4.78, 5) is 12.1. The Morgan fingerprint density at radius 1 is 1.24 bits per heavy atom. The minimum Gasteiger partial charge on any atom is -0.493 e. The van der Waals surface area contributed by atoms with Crippen molar-refractivity contribution in [1.29, 1.82) is 0 Å². The van der Waals surface area contributed by atoms with E-state index in [0.717, 1.165) is 0 Å². The Balaban J connectivity index is 2.17. The van der Waals surface area contributed by atoms with Crippen molar-refractivity contribution in [2.45, 2.75) is 13.5 Å². The number of carbonyl (C=O) groups is 1. The number of aryl methyl sites for hydroxylation is 1. The third-order valence-electron chi connectivity index (χ3n) is 2.86. The second-order valence-electron chi connectivity index (χ2n) is 4.17. The van der Waals surface area contributed by atoms with E-state index in [0.29, 0.717) is 22.9 Å². The first-order valence-electron chi connectivity index (χ1n) is 6.03. The molecule has 2 rings (SSSR count). The molecule has 2 aromatic rings. The number of esters is 1. The van der Waals surface area contributed by atoms with Crippen LogP contribution >= 0.6 is 0 Å². The van der Waals surface area contributed by atoms with Gasteiger partial charge in [0.05, 0.1) is 25.5 Å². The van der Waals surface area contributed by atoms with Gasteiger partial charge in [0.15, 0.2) is 11.5 Å². The van der Waals surface area contributed by atoms with Crippen molar-refractivity contribution in [3.63, 3.8) is 0 Å². The highest BCUT2D eigenvalue weighted by Gasteiger charge is 2.17. The molecule has 112 valence electrons. The van der Waals surface area contributed by atoms with E-state index < -0.39 is 5.97 Å². The van der Waals surface area contributed by atoms with Gasteiger partial charge < -0.3 is 19.9 Å². The van der Waals surface area contributed by atoms with Crippen LogP contribution < -0.4 is 15.2 Å². The number of ether oxygens (including phenoxy) is 3. The molecule has 0 radical (unpaired) electrons. The van der Waals surface area contributed by atoms with Crippen molar-refractivity contribution >= 4 is 11.7 Å². The van der Waals surface area contributed by atoms with Crippen molar-refractivity contribution in [2.75, 3.05) is 20.0 Å². The largest absolute Gasteiger partial charge is 0.493 e. The summed E-state index contributed by atoms with van der Waals surface area (Å²) in [5.74, 6) is 0.219. The lowest BCUT2D eigenvalue weighted by Crippen LogP contribution is -2.09. The highest BCUT2D eigenvalue weighted by atomic mass is 16.6. The highest BCUT2D eigenvalue weighted by molar-refractivity contribution is 5.96. The van der Waals surface area contributed by atoms with E-state index >= 15 is 0 Å². The standard InChI is InChI=1S/C13H15N3O5/c1-7-10(16-21-15-7)6-20-13(17)8-4-11(18-2)12(19-3)5-9(8)14/h4-5H,6,14H2,1-3H3. The van der Waals surface area contributed by atoms with Gasteiger partial charge >= 0.3 is 5.97 Å². The fourth-order valence-electron chi connectivity index (χ4n) is 1.66. The Labute approximate surface area is 120 Å². The lowest BCUT2D eigenvalue weighted by molar-refractivity contribution is 0.0464. The highest BCUT2D eigenvalue weighted by Crippen LogP contribution is 2.32. The Bertz CT molecular complexity index is 653. The van der Waals surface area contributed by atoms with Gasteiger partial charge in [0.25, 0.3) is 0 Å². The summed E-state index contributed by atoms with van der Waals surface area (Å²) in [7, 11) is 2.95. The summed E-state index contributed by atoms with van der Waals surface area (Å²) in [6.07, 6.45) is 0. The van der Waals surface area contributed by atoms with Crippen LogP contribution in [-0.4, -0.2) is 30.5 Å². The van der Waals surface area contributed by atoms with Crippen molar-refractivity contribution in [1.82, 2.24) is 10.3 Å². The van der Waals surface area contributed by atoms with Crippen molar-refractivity contribution < 1.29 is 23.6 Å². The molecule has 1 aromatic carbocycles. The van der Waals surface area contributed by atoms with Crippen LogP contribution in [0.25, 0.3) is 0 Å². The number of hydrogen-bond donors (Lipinski definition) is 1. The minimum absolute atomic E-state index is 0.0536. The first kappa shape index (κ1) is 14.6. The molecule has 0 atom stereocenters. The quantitative estimate of drug-likeness (QED) is 0.649. The fraction of sp³-hybridized carbons (Fsp3) is 0.308. The van der Waals surface area contributed by atoms with Gasteiger partial charge in [-0.2, -0.15) is 0 Å². The van der Waals surface area contributed by atoms with Crippen LogP contribution in [0.4, 0.5) is 5.69 Å². The normalized spacial score (nSPS) is 10.2. The molecule has 0 amide bonds. The van der Waals surface area contributed by atoms with Crippen LogP contribution in [0.15, 0.2) is 16.8 Å². The summed E-state index contributed by atoms with van der Waals surface area (Å²) in [5.41, 5.74) is 7.23. The van der Waals surface area contributed by atoms with Crippen molar-refractivity contribution in [3.8, 4) is 11.5 Å². The van der Waals surface area contributed by atoms with Crippen LogP contribution in [0.2, 0.25) is 0 Å². The maximum absolute atomic E-state index is 12.1. The van der Waals surface area contributed by atoms with E-state index in [1.54, 1.807) is 6.92 Å². The number of benzene rings is 1. The maximum atomic E-state index is 12.1. The van der Waals surface area contributed by atoms with Gasteiger partial charge in [0.2, 0.25) is 0 Å². The first-order valence-corrected chi connectivity index (χ1v) is 6.03. The third kappa shape index (κ3) is 3.04. The molecule has 1 heterocycles. The van der Waals surface area contributed by atoms with Gasteiger partial charge in [-0.1, -0.05) is 10.3 Å². The number of carbonyl (C=O) groups excluding carboxylic acids is 1. The average molecular weight is 293 g/mol. The lowest BCUT2D eigenvalue weighted by atomic mass is 10.1. The van der Waals surface area contributed by atoms with E-state index in [1.807, 2.05) is 0 Å². The third-order valence-corrected chi connectivity index (χ3v) is 2.86. The van der Waals surface area contributed by atoms with Gasteiger partial charge in [-0.15, -0.1) is 0 Å².